The van der Waals surface area contributed by atoms with E-state index in [1.165, 1.54) is 12.1 Å². The number of halogens is 5. The van der Waals surface area contributed by atoms with Gasteiger partial charge in [0.1, 0.15) is 0 Å². The van der Waals surface area contributed by atoms with E-state index in [-0.39, 0.29) is 12.2 Å². The second-order valence-corrected chi connectivity index (χ2v) is 4.90. The maximum atomic E-state index is 13.3. The highest BCUT2D eigenvalue weighted by Crippen LogP contribution is 2.38. The molecular formula is C13H13F5N2O. The van der Waals surface area contributed by atoms with E-state index in [1.54, 1.807) is 19.1 Å². The predicted molar refractivity (Wildman–Crippen MR) is 66.1 cm³/mol. The Hall–Kier alpha value is -1.70. The number of nitrogens with zero attached hydrogens (tertiary/aromatic N) is 1. The number of benzene rings is 1. The zero-order chi connectivity index (χ0) is 15.8. The summed E-state index contributed by atoms with van der Waals surface area (Å²) in [4.78, 5) is 12.3. The van der Waals surface area contributed by atoms with Gasteiger partial charge in [0.05, 0.1) is 0 Å². The fourth-order valence-corrected chi connectivity index (χ4v) is 2.13. The normalized spacial score (nSPS) is 19.9. The number of hydrogen-bond donors (Lipinski definition) is 1. The summed E-state index contributed by atoms with van der Waals surface area (Å²) in [5.41, 5.74) is 0.566. The van der Waals surface area contributed by atoms with Crippen molar-refractivity contribution in [2.45, 2.75) is 31.6 Å². The SMILES string of the molecule is CC1CN(C(=O)C(F)(F)C(F)(F)F)c2ccccc2CN1. The van der Waals surface area contributed by atoms with Gasteiger partial charge in [-0.15, -0.1) is 0 Å². The minimum absolute atomic E-state index is 0.0725. The summed E-state index contributed by atoms with van der Waals surface area (Å²) < 4.78 is 63.9. The van der Waals surface area contributed by atoms with Crippen LogP contribution in [0.2, 0.25) is 0 Å². The first-order valence-corrected chi connectivity index (χ1v) is 6.22. The lowest BCUT2D eigenvalue weighted by Crippen LogP contribution is -2.54. The summed E-state index contributed by atoms with van der Waals surface area (Å²) in [6.45, 7) is 1.64. The molecule has 0 aliphatic carbocycles. The first-order valence-electron chi connectivity index (χ1n) is 6.22. The van der Waals surface area contributed by atoms with Crippen molar-refractivity contribution in [2.75, 3.05) is 11.4 Å². The van der Waals surface area contributed by atoms with Crippen LogP contribution in [0.4, 0.5) is 27.6 Å². The molecule has 1 N–H and O–H groups in total. The molecule has 3 nitrogen and oxygen atoms in total. The van der Waals surface area contributed by atoms with E-state index >= 15 is 0 Å². The Kier molecular flexibility index (Phi) is 3.92. The number of carbonyl (C=O) groups is 1. The van der Waals surface area contributed by atoms with Gasteiger partial charge in [-0.2, -0.15) is 22.0 Å². The van der Waals surface area contributed by atoms with Gasteiger partial charge in [-0.3, -0.25) is 4.79 Å². The molecule has 1 amide bonds. The van der Waals surface area contributed by atoms with Gasteiger partial charge in [-0.05, 0) is 18.6 Å². The average molecular weight is 308 g/mol. The van der Waals surface area contributed by atoms with Gasteiger partial charge in [-0.1, -0.05) is 18.2 Å². The summed E-state index contributed by atoms with van der Waals surface area (Å²) in [6, 6.07) is 5.64. The first kappa shape index (κ1) is 15.7. The first-order chi connectivity index (χ1) is 9.64. The summed E-state index contributed by atoms with van der Waals surface area (Å²) in [5.74, 6) is -7.66. The number of rotatable bonds is 1. The van der Waals surface area contributed by atoms with Crippen LogP contribution in [0.15, 0.2) is 24.3 Å². The van der Waals surface area contributed by atoms with Gasteiger partial charge in [-0.25, -0.2) is 0 Å². The monoisotopic (exact) mass is 308 g/mol. The van der Waals surface area contributed by atoms with Crippen LogP contribution in [-0.2, 0) is 11.3 Å². The number of amides is 1. The molecule has 0 fully saturated rings. The van der Waals surface area contributed by atoms with E-state index in [9.17, 15) is 26.7 Å². The molecule has 0 radical (unpaired) electrons. The molecule has 2 rings (SSSR count). The van der Waals surface area contributed by atoms with Crippen molar-refractivity contribution >= 4 is 11.6 Å². The van der Waals surface area contributed by atoms with Crippen molar-refractivity contribution in [3.8, 4) is 0 Å². The lowest BCUT2D eigenvalue weighted by atomic mass is 10.1. The van der Waals surface area contributed by atoms with Crippen molar-refractivity contribution in [3.63, 3.8) is 0 Å². The van der Waals surface area contributed by atoms with Gasteiger partial charge in [0, 0.05) is 24.8 Å². The fraction of sp³-hybridized carbons (Fsp3) is 0.462. The summed E-state index contributed by atoms with van der Waals surface area (Å²) >= 11 is 0. The second-order valence-electron chi connectivity index (χ2n) is 4.90. The van der Waals surface area contributed by atoms with Gasteiger partial charge >= 0.3 is 18.0 Å². The molecule has 0 aromatic heterocycles. The van der Waals surface area contributed by atoms with Crippen molar-refractivity contribution < 1.29 is 26.7 Å². The maximum absolute atomic E-state index is 13.3. The van der Waals surface area contributed by atoms with Crippen LogP contribution >= 0.6 is 0 Å². The van der Waals surface area contributed by atoms with Gasteiger partial charge in [0.25, 0.3) is 0 Å². The molecule has 1 aromatic carbocycles. The molecule has 1 atom stereocenters. The van der Waals surface area contributed by atoms with E-state index in [0.29, 0.717) is 17.0 Å². The largest absolute Gasteiger partial charge is 0.463 e. The quantitative estimate of drug-likeness (QED) is 0.809. The van der Waals surface area contributed by atoms with Crippen LogP contribution in [0.3, 0.4) is 0 Å². The molecule has 0 spiro atoms. The Morgan fingerprint density at radius 3 is 2.48 bits per heavy atom. The highest BCUT2D eigenvalue weighted by Gasteiger charge is 2.65. The van der Waals surface area contributed by atoms with Gasteiger partial charge in [0.15, 0.2) is 0 Å². The number of carbonyl (C=O) groups excluding carboxylic acids is 1. The lowest BCUT2D eigenvalue weighted by molar-refractivity contribution is -0.268. The Morgan fingerprint density at radius 1 is 1.24 bits per heavy atom. The van der Waals surface area contributed by atoms with Crippen molar-refractivity contribution in [3.05, 3.63) is 29.8 Å². The van der Waals surface area contributed by atoms with Crippen molar-refractivity contribution in [1.82, 2.24) is 5.32 Å². The molecule has 1 aliphatic heterocycles. The Balaban J connectivity index is 2.44. The van der Waals surface area contributed by atoms with Gasteiger partial charge < -0.3 is 10.2 Å². The molecule has 116 valence electrons. The zero-order valence-corrected chi connectivity index (χ0v) is 11.0. The minimum atomic E-state index is -5.91. The predicted octanol–water partition coefficient (Wildman–Crippen LogP) is 2.71. The molecule has 0 bridgehead atoms. The van der Waals surface area contributed by atoms with Crippen molar-refractivity contribution in [2.24, 2.45) is 0 Å². The van der Waals surface area contributed by atoms with E-state index < -0.39 is 24.0 Å². The summed E-state index contributed by atoms with van der Waals surface area (Å²) in [5, 5.41) is 2.96. The number of nitrogens with one attached hydrogen (secondary N) is 1. The van der Waals surface area contributed by atoms with Gasteiger partial charge in [0.2, 0.25) is 0 Å². The molecule has 8 heteroatoms. The van der Waals surface area contributed by atoms with E-state index in [1.807, 2.05) is 0 Å². The number of fused-ring (bicyclic) bond motifs is 1. The van der Waals surface area contributed by atoms with Crippen LogP contribution in [-0.4, -0.2) is 30.6 Å². The number of alkyl halides is 5. The third-order valence-electron chi connectivity index (χ3n) is 3.25. The Bertz CT molecular complexity index is 544. The molecule has 0 saturated carbocycles. The standard InChI is InChI=1S/C13H13F5N2O/c1-8-7-20(11(21)12(14,15)13(16,17)18)10-5-3-2-4-9(10)6-19-8/h2-5,8,19H,6-7H2,1H3. The number of hydrogen-bond acceptors (Lipinski definition) is 2. The minimum Gasteiger partial charge on any atom is -0.308 e. The van der Waals surface area contributed by atoms with E-state index in [4.69, 9.17) is 0 Å². The third-order valence-corrected chi connectivity index (χ3v) is 3.25. The van der Waals surface area contributed by atoms with Crippen LogP contribution in [0.5, 0.6) is 0 Å². The van der Waals surface area contributed by atoms with E-state index in [2.05, 4.69) is 5.32 Å². The number of para-hydroxylation sites is 1. The molecule has 1 aromatic rings. The molecule has 1 aliphatic rings. The lowest BCUT2D eigenvalue weighted by Gasteiger charge is -2.29. The second kappa shape index (κ2) is 5.25. The average Bonchev–Trinajstić information content (AvgIpc) is 2.56. The third kappa shape index (κ3) is 2.85. The van der Waals surface area contributed by atoms with Crippen LogP contribution in [0.25, 0.3) is 0 Å². The number of anilines is 1. The smallest absolute Gasteiger partial charge is 0.308 e. The molecule has 0 saturated heterocycles. The molecular weight excluding hydrogens is 295 g/mol. The maximum Gasteiger partial charge on any atom is 0.463 e. The van der Waals surface area contributed by atoms with E-state index in [0.717, 1.165) is 0 Å². The molecule has 1 heterocycles. The van der Waals surface area contributed by atoms with Crippen LogP contribution in [0, 0.1) is 0 Å². The summed E-state index contributed by atoms with van der Waals surface area (Å²) in [6.07, 6.45) is -5.91. The van der Waals surface area contributed by atoms with Crippen LogP contribution < -0.4 is 10.2 Å². The van der Waals surface area contributed by atoms with Crippen molar-refractivity contribution in [1.29, 1.82) is 0 Å². The Labute approximate surface area is 117 Å². The fourth-order valence-electron chi connectivity index (χ4n) is 2.13. The zero-order valence-electron chi connectivity index (χ0n) is 11.0. The highest BCUT2D eigenvalue weighted by molar-refractivity contribution is 5.99. The Morgan fingerprint density at radius 2 is 1.86 bits per heavy atom. The topological polar surface area (TPSA) is 32.3 Å². The van der Waals surface area contributed by atoms with Crippen LogP contribution in [0.1, 0.15) is 12.5 Å². The molecule has 21 heavy (non-hydrogen) atoms. The molecule has 1 unspecified atom stereocenters. The highest BCUT2D eigenvalue weighted by atomic mass is 19.4. The summed E-state index contributed by atoms with van der Waals surface area (Å²) in [7, 11) is 0.